The molecule has 5 nitrogen and oxygen atoms in total. The molecule has 2 aromatic carbocycles. The van der Waals surface area contributed by atoms with Crippen LogP contribution < -0.4 is 15.4 Å². The largest absolute Gasteiger partial charge is 0.495 e. The Morgan fingerprint density at radius 3 is 2.67 bits per heavy atom. The van der Waals surface area contributed by atoms with Crippen molar-refractivity contribution in [3.63, 3.8) is 0 Å². The van der Waals surface area contributed by atoms with Gasteiger partial charge in [-0.3, -0.25) is 9.78 Å². The van der Waals surface area contributed by atoms with Crippen LogP contribution in [0.5, 0.6) is 5.75 Å². The van der Waals surface area contributed by atoms with Gasteiger partial charge in [-0.2, -0.15) is 0 Å². The Hall–Kier alpha value is -3.05. The highest BCUT2D eigenvalue weighted by Gasteiger charge is 2.10. The molecule has 1 heterocycles. The minimum atomic E-state index is -0.209. The highest BCUT2D eigenvalue weighted by atomic mass is 35.5. The summed E-state index contributed by atoms with van der Waals surface area (Å²) < 4.78 is 5.15. The molecule has 3 rings (SSSR count). The fourth-order valence-electron chi connectivity index (χ4n) is 2.69. The topological polar surface area (TPSA) is 63.2 Å². The molecule has 0 saturated heterocycles. The van der Waals surface area contributed by atoms with Crippen molar-refractivity contribution in [2.45, 2.75) is 13.3 Å². The zero-order valence-electron chi connectivity index (χ0n) is 15.1. The van der Waals surface area contributed by atoms with E-state index in [1.165, 1.54) is 6.20 Å². The van der Waals surface area contributed by atoms with E-state index in [9.17, 15) is 4.79 Å². The molecule has 0 aliphatic rings. The smallest absolute Gasteiger partial charge is 0.257 e. The molecule has 0 unspecified atom stereocenters. The zero-order chi connectivity index (χ0) is 19.2. The number of benzene rings is 2. The van der Waals surface area contributed by atoms with Crippen molar-refractivity contribution in [1.29, 1.82) is 0 Å². The van der Waals surface area contributed by atoms with E-state index in [2.05, 4.69) is 22.5 Å². The second-order valence-electron chi connectivity index (χ2n) is 5.90. The SMILES string of the molecule is CCc1ccccc1NC(=O)c1cncc(Nc2ccc(OC)c(Cl)c2)c1. The molecule has 0 fully saturated rings. The van der Waals surface area contributed by atoms with Gasteiger partial charge in [0.1, 0.15) is 5.75 Å². The number of methoxy groups -OCH3 is 1. The van der Waals surface area contributed by atoms with Gasteiger partial charge in [0.25, 0.3) is 5.91 Å². The summed E-state index contributed by atoms with van der Waals surface area (Å²) in [6.07, 6.45) is 4.03. The quantitative estimate of drug-likeness (QED) is 0.608. The van der Waals surface area contributed by atoms with Crippen molar-refractivity contribution in [3.05, 3.63) is 77.1 Å². The first-order chi connectivity index (χ1) is 13.1. The molecule has 0 aliphatic heterocycles. The summed E-state index contributed by atoms with van der Waals surface area (Å²) in [5.41, 5.74) is 3.82. The Balaban J connectivity index is 1.77. The third-order valence-corrected chi connectivity index (χ3v) is 4.38. The van der Waals surface area contributed by atoms with E-state index >= 15 is 0 Å². The molecule has 2 N–H and O–H groups in total. The summed E-state index contributed by atoms with van der Waals surface area (Å²) in [6.45, 7) is 2.05. The van der Waals surface area contributed by atoms with Crippen LogP contribution in [0.15, 0.2) is 60.9 Å². The number of aromatic nitrogens is 1. The van der Waals surface area contributed by atoms with Gasteiger partial charge in [-0.05, 0) is 42.3 Å². The summed E-state index contributed by atoms with van der Waals surface area (Å²) in [4.78, 5) is 16.8. The molecule has 0 aliphatic carbocycles. The van der Waals surface area contributed by atoms with Crippen LogP contribution in [0.1, 0.15) is 22.8 Å². The Labute approximate surface area is 163 Å². The van der Waals surface area contributed by atoms with E-state index in [1.54, 1.807) is 31.5 Å². The van der Waals surface area contributed by atoms with Crippen molar-refractivity contribution < 1.29 is 9.53 Å². The number of halogens is 1. The van der Waals surface area contributed by atoms with Crippen molar-refractivity contribution >= 4 is 34.6 Å². The average molecular weight is 382 g/mol. The van der Waals surface area contributed by atoms with E-state index < -0.39 is 0 Å². The molecule has 1 amide bonds. The molecular formula is C21H20ClN3O2. The Bertz CT molecular complexity index is 960. The van der Waals surface area contributed by atoms with Gasteiger partial charge in [0.15, 0.2) is 0 Å². The number of aryl methyl sites for hydroxylation is 1. The van der Waals surface area contributed by atoms with E-state index in [0.717, 1.165) is 23.4 Å². The number of anilines is 3. The third-order valence-electron chi connectivity index (χ3n) is 4.09. The molecule has 6 heteroatoms. The number of nitrogens with one attached hydrogen (secondary N) is 2. The first-order valence-corrected chi connectivity index (χ1v) is 8.93. The normalized spacial score (nSPS) is 10.3. The molecule has 0 saturated carbocycles. The Morgan fingerprint density at radius 2 is 1.93 bits per heavy atom. The van der Waals surface area contributed by atoms with Gasteiger partial charge >= 0.3 is 0 Å². The van der Waals surface area contributed by atoms with Crippen LogP contribution in [0.25, 0.3) is 0 Å². The molecule has 0 bridgehead atoms. The van der Waals surface area contributed by atoms with Crippen molar-refractivity contribution in [3.8, 4) is 5.75 Å². The summed E-state index contributed by atoms with van der Waals surface area (Å²) >= 11 is 6.15. The maximum atomic E-state index is 12.6. The van der Waals surface area contributed by atoms with Crippen molar-refractivity contribution in [2.24, 2.45) is 0 Å². The summed E-state index contributed by atoms with van der Waals surface area (Å²) in [5.74, 6) is 0.392. The maximum Gasteiger partial charge on any atom is 0.257 e. The fourth-order valence-corrected chi connectivity index (χ4v) is 2.95. The lowest BCUT2D eigenvalue weighted by molar-refractivity contribution is 0.102. The fraction of sp³-hybridized carbons (Fsp3) is 0.143. The number of ether oxygens (including phenoxy) is 1. The zero-order valence-corrected chi connectivity index (χ0v) is 15.9. The minimum absolute atomic E-state index is 0.209. The van der Waals surface area contributed by atoms with Crippen LogP contribution >= 0.6 is 11.6 Å². The van der Waals surface area contributed by atoms with E-state index in [-0.39, 0.29) is 5.91 Å². The predicted octanol–water partition coefficient (Wildman–Crippen LogP) is 5.30. The molecule has 0 atom stereocenters. The van der Waals surface area contributed by atoms with Gasteiger partial charge in [-0.1, -0.05) is 36.7 Å². The number of carbonyl (C=O) groups excluding carboxylic acids is 1. The molecule has 27 heavy (non-hydrogen) atoms. The van der Waals surface area contributed by atoms with E-state index in [1.807, 2.05) is 30.3 Å². The number of para-hydroxylation sites is 1. The van der Waals surface area contributed by atoms with Gasteiger partial charge in [0, 0.05) is 17.6 Å². The van der Waals surface area contributed by atoms with Gasteiger partial charge in [0.2, 0.25) is 0 Å². The molecule has 0 spiro atoms. The molecule has 3 aromatic rings. The first-order valence-electron chi connectivity index (χ1n) is 8.55. The summed E-state index contributed by atoms with van der Waals surface area (Å²) in [6, 6.07) is 14.9. The van der Waals surface area contributed by atoms with Crippen LogP contribution in [-0.4, -0.2) is 18.0 Å². The van der Waals surface area contributed by atoms with Gasteiger partial charge in [0.05, 0.1) is 29.6 Å². The summed E-state index contributed by atoms with van der Waals surface area (Å²) in [7, 11) is 1.57. The molecule has 1 aromatic heterocycles. The van der Waals surface area contributed by atoms with Gasteiger partial charge in [-0.25, -0.2) is 0 Å². The third kappa shape index (κ3) is 4.57. The highest BCUT2D eigenvalue weighted by molar-refractivity contribution is 6.32. The lowest BCUT2D eigenvalue weighted by Crippen LogP contribution is -2.13. The van der Waals surface area contributed by atoms with Crippen LogP contribution in [0.3, 0.4) is 0 Å². The van der Waals surface area contributed by atoms with E-state index in [4.69, 9.17) is 16.3 Å². The predicted molar refractivity (Wildman–Crippen MR) is 109 cm³/mol. The van der Waals surface area contributed by atoms with Crippen LogP contribution in [-0.2, 0) is 6.42 Å². The molecule has 138 valence electrons. The monoisotopic (exact) mass is 381 g/mol. The van der Waals surface area contributed by atoms with E-state index in [0.29, 0.717) is 22.0 Å². The van der Waals surface area contributed by atoms with Gasteiger partial charge in [-0.15, -0.1) is 0 Å². The van der Waals surface area contributed by atoms with Crippen molar-refractivity contribution in [2.75, 3.05) is 17.7 Å². The van der Waals surface area contributed by atoms with Crippen molar-refractivity contribution in [1.82, 2.24) is 4.98 Å². The number of pyridine rings is 1. The minimum Gasteiger partial charge on any atom is -0.495 e. The second kappa shape index (κ2) is 8.56. The Morgan fingerprint density at radius 1 is 1.11 bits per heavy atom. The van der Waals surface area contributed by atoms with Crippen LogP contribution in [0, 0.1) is 0 Å². The summed E-state index contributed by atoms with van der Waals surface area (Å²) in [5, 5.41) is 6.64. The Kier molecular flexibility index (Phi) is 5.94. The second-order valence-corrected chi connectivity index (χ2v) is 6.31. The van der Waals surface area contributed by atoms with Gasteiger partial charge < -0.3 is 15.4 Å². The number of hydrogen-bond acceptors (Lipinski definition) is 4. The highest BCUT2D eigenvalue weighted by Crippen LogP contribution is 2.29. The lowest BCUT2D eigenvalue weighted by Gasteiger charge is -2.11. The molecular weight excluding hydrogens is 362 g/mol. The van der Waals surface area contributed by atoms with Crippen LogP contribution in [0.4, 0.5) is 17.1 Å². The number of nitrogens with zero attached hydrogens (tertiary/aromatic N) is 1. The maximum absolute atomic E-state index is 12.6. The standard InChI is InChI=1S/C21H20ClN3O2/c1-3-14-6-4-5-7-19(14)25-21(26)15-10-17(13-23-12-15)24-16-8-9-20(27-2)18(22)11-16/h4-13,24H,3H2,1-2H3,(H,25,26). The number of carbonyl (C=O) groups is 1. The first kappa shape index (κ1) is 18.7. The number of amides is 1. The number of hydrogen-bond donors (Lipinski definition) is 2. The lowest BCUT2D eigenvalue weighted by atomic mass is 10.1. The number of rotatable bonds is 6. The average Bonchev–Trinajstić information content (AvgIpc) is 2.69. The molecule has 0 radical (unpaired) electrons. The van der Waals surface area contributed by atoms with Crippen LogP contribution in [0.2, 0.25) is 5.02 Å².